The summed E-state index contributed by atoms with van der Waals surface area (Å²) < 4.78 is 4.96. The van der Waals surface area contributed by atoms with Crippen molar-refractivity contribution in [3.05, 3.63) is 28.0 Å². The molecule has 0 saturated heterocycles. The van der Waals surface area contributed by atoms with Crippen LogP contribution in [-0.4, -0.2) is 12.6 Å². The van der Waals surface area contributed by atoms with E-state index in [-0.39, 0.29) is 5.57 Å². The molecule has 1 aromatic rings. The van der Waals surface area contributed by atoms with Crippen molar-refractivity contribution in [2.45, 2.75) is 19.8 Å². The van der Waals surface area contributed by atoms with Crippen LogP contribution in [0.4, 0.5) is 0 Å². The van der Waals surface area contributed by atoms with Gasteiger partial charge in [-0.2, -0.15) is 5.26 Å². The van der Waals surface area contributed by atoms with Gasteiger partial charge in [-0.3, -0.25) is 0 Å². The number of carbonyl (C=O) groups is 1. The highest BCUT2D eigenvalue weighted by Crippen LogP contribution is 2.13. The van der Waals surface area contributed by atoms with Crippen molar-refractivity contribution in [2.24, 2.45) is 0 Å². The first-order valence-electron chi connectivity index (χ1n) is 5.10. The molecule has 1 aromatic heterocycles. The number of ether oxygens (including phenoxy) is 1. The molecule has 0 atom stereocenters. The standard InChI is InChI=1S/C12H13NO2S/c1-2-3-6-15-12(14)10(9-13)8-11-5-4-7-16-11/h4-5,7-8H,2-3,6H2,1H3. The van der Waals surface area contributed by atoms with Crippen molar-refractivity contribution >= 4 is 23.4 Å². The van der Waals surface area contributed by atoms with Crippen molar-refractivity contribution in [2.75, 3.05) is 6.61 Å². The molecule has 0 fully saturated rings. The van der Waals surface area contributed by atoms with E-state index >= 15 is 0 Å². The third kappa shape index (κ3) is 3.87. The zero-order chi connectivity index (χ0) is 11.8. The molecule has 0 amide bonds. The van der Waals surface area contributed by atoms with E-state index < -0.39 is 5.97 Å². The molecule has 0 bridgehead atoms. The number of hydrogen-bond acceptors (Lipinski definition) is 4. The van der Waals surface area contributed by atoms with Gasteiger partial charge in [0, 0.05) is 4.88 Å². The molecule has 0 aliphatic rings. The van der Waals surface area contributed by atoms with E-state index in [0.717, 1.165) is 17.7 Å². The van der Waals surface area contributed by atoms with Gasteiger partial charge < -0.3 is 4.74 Å². The van der Waals surface area contributed by atoms with Crippen LogP contribution in [0.2, 0.25) is 0 Å². The topological polar surface area (TPSA) is 50.1 Å². The maximum Gasteiger partial charge on any atom is 0.348 e. The first-order valence-corrected chi connectivity index (χ1v) is 5.98. The Hall–Kier alpha value is -1.60. The normalized spacial score (nSPS) is 10.9. The van der Waals surface area contributed by atoms with Crippen LogP contribution >= 0.6 is 11.3 Å². The van der Waals surface area contributed by atoms with Crippen LogP contribution in [0, 0.1) is 11.3 Å². The Kier molecular flexibility index (Phi) is 5.30. The second-order valence-corrected chi connectivity index (χ2v) is 4.15. The summed E-state index contributed by atoms with van der Waals surface area (Å²) in [6.45, 7) is 2.39. The Morgan fingerprint density at radius 3 is 3.06 bits per heavy atom. The Bertz CT molecular complexity index is 401. The molecule has 1 rings (SSSR count). The summed E-state index contributed by atoms with van der Waals surface area (Å²) in [5.41, 5.74) is 0.0542. The Labute approximate surface area is 99.0 Å². The predicted octanol–water partition coefficient (Wildman–Crippen LogP) is 3.00. The maximum atomic E-state index is 11.5. The third-order valence-electron chi connectivity index (χ3n) is 1.90. The van der Waals surface area contributed by atoms with Crippen LogP contribution in [0.15, 0.2) is 23.1 Å². The first kappa shape index (κ1) is 12.5. The average Bonchev–Trinajstić information content (AvgIpc) is 2.78. The van der Waals surface area contributed by atoms with E-state index in [1.165, 1.54) is 11.3 Å². The fraction of sp³-hybridized carbons (Fsp3) is 0.333. The predicted molar refractivity (Wildman–Crippen MR) is 63.8 cm³/mol. The van der Waals surface area contributed by atoms with E-state index in [4.69, 9.17) is 10.00 Å². The zero-order valence-electron chi connectivity index (χ0n) is 9.10. The van der Waals surface area contributed by atoms with Gasteiger partial charge in [0.05, 0.1) is 6.61 Å². The lowest BCUT2D eigenvalue weighted by molar-refractivity contribution is -0.138. The first-order chi connectivity index (χ1) is 7.77. The van der Waals surface area contributed by atoms with E-state index in [0.29, 0.717) is 6.61 Å². The molecule has 0 N–H and O–H groups in total. The molecule has 0 radical (unpaired) electrons. The largest absolute Gasteiger partial charge is 0.462 e. The van der Waals surface area contributed by atoms with Crippen LogP contribution in [0.1, 0.15) is 24.6 Å². The summed E-state index contributed by atoms with van der Waals surface area (Å²) in [5.74, 6) is -0.538. The zero-order valence-corrected chi connectivity index (χ0v) is 9.92. The summed E-state index contributed by atoms with van der Waals surface area (Å²) in [4.78, 5) is 12.3. The third-order valence-corrected chi connectivity index (χ3v) is 2.72. The average molecular weight is 235 g/mol. The van der Waals surface area contributed by atoms with Gasteiger partial charge in [-0.1, -0.05) is 19.4 Å². The fourth-order valence-corrected chi connectivity index (χ4v) is 1.70. The number of unbranched alkanes of at least 4 members (excludes halogenated alkanes) is 1. The maximum absolute atomic E-state index is 11.5. The minimum Gasteiger partial charge on any atom is -0.462 e. The molecule has 0 aliphatic heterocycles. The highest BCUT2D eigenvalue weighted by atomic mass is 32.1. The van der Waals surface area contributed by atoms with Gasteiger partial charge in [-0.15, -0.1) is 11.3 Å². The van der Waals surface area contributed by atoms with Crippen molar-refractivity contribution in [3.8, 4) is 6.07 Å². The van der Waals surface area contributed by atoms with Gasteiger partial charge in [-0.25, -0.2) is 4.79 Å². The lowest BCUT2D eigenvalue weighted by Crippen LogP contribution is -2.07. The Balaban J connectivity index is 2.61. The molecule has 0 unspecified atom stereocenters. The minimum absolute atomic E-state index is 0.0542. The fourth-order valence-electron chi connectivity index (χ4n) is 1.04. The van der Waals surface area contributed by atoms with Gasteiger partial charge >= 0.3 is 5.97 Å². The lowest BCUT2D eigenvalue weighted by Gasteiger charge is -2.01. The summed E-state index contributed by atoms with van der Waals surface area (Å²) in [7, 11) is 0. The summed E-state index contributed by atoms with van der Waals surface area (Å²) in [6, 6.07) is 5.58. The van der Waals surface area contributed by atoms with Crippen molar-refractivity contribution in [1.82, 2.24) is 0 Å². The van der Waals surface area contributed by atoms with E-state index in [1.54, 1.807) is 6.08 Å². The number of carbonyl (C=O) groups excluding carboxylic acids is 1. The molecule has 0 aliphatic carbocycles. The number of thiophene rings is 1. The summed E-state index contributed by atoms with van der Waals surface area (Å²) in [6.07, 6.45) is 3.34. The highest BCUT2D eigenvalue weighted by Gasteiger charge is 2.10. The SMILES string of the molecule is CCCCOC(=O)C(C#N)=Cc1cccs1. The van der Waals surface area contributed by atoms with Gasteiger partial charge in [0.15, 0.2) is 0 Å². The summed E-state index contributed by atoms with van der Waals surface area (Å²) in [5, 5.41) is 10.7. The molecule has 4 heteroatoms. The number of esters is 1. The van der Waals surface area contributed by atoms with Gasteiger partial charge in [0.1, 0.15) is 11.6 Å². The number of nitriles is 1. The highest BCUT2D eigenvalue weighted by molar-refractivity contribution is 7.10. The van der Waals surface area contributed by atoms with Gasteiger partial charge in [0.25, 0.3) is 0 Å². The Morgan fingerprint density at radius 1 is 1.69 bits per heavy atom. The van der Waals surface area contributed by atoms with Crippen molar-refractivity contribution in [3.63, 3.8) is 0 Å². The van der Waals surface area contributed by atoms with Crippen molar-refractivity contribution < 1.29 is 9.53 Å². The Morgan fingerprint density at radius 2 is 2.50 bits per heavy atom. The molecule has 3 nitrogen and oxygen atoms in total. The van der Waals surface area contributed by atoms with Gasteiger partial charge in [0.2, 0.25) is 0 Å². The molecule has 0 spiro atoms. The molecular weight excluding hydrogens is 222 g/mol. The van der Waals surface area contributed by atoms with E-state index in [1.807, 2.05) is 30.5 Å². The molecule has 84 valence electrons. The van der Waals surface area contributed by atoms with Crippen LogP contribution in [0.5, 0.6) is 0 Å². The van der Waals surface area contributed by atoms with Crippen molar-refractivity contribution in [1.29, 1.82) is 5.26 Å². The molecule has 0 aromatic carbocycles. The second-order valence-electron chi connectivity index (χ2n) is 3.17. The molecule has 16 heavy (non-hydrogen) atoms. The van der Waals surface area contributed by atoms with E-state index in [2.05, 4.69) is 0 Å². The van der Waals surface area contributed by atoms with Gasteiger partial charge in [-0.05, 0) is 23.9 Å². The second kappa shape index (κ2) is 6.81. The van der Waals surface area contributed by atoms with Crippen LogP contribution in [0.25, 0.3) is 6.08 Å². The minimum atomic E-state index is -0.538. The smallest absolute Gasteiger partial charge is 0.348 e. The monoisotopic (exact) mass is 235 g/mol. The number of rotatable bonds is 5. The number of nitrogens with zero attached hydrogens (tertiary/aromatic N) is 1. The summed E-state index contributed by atoms with van der Waals surface area (Å²) >= 11 is 1.48. The quantitative estimate of drug-likeness (QED) is 0.341. The lowest BCUT2D eigenvalue weighted by atomic mass is 10.2. The van der Waals surface area contributed by atoms with Crippen LogP contribution in [0.3, 0.4) is 0 Å². The van der Waals surface area contributed by atoms with Crippen LogP contribution in [-0.2, 0) is 9.53 Å². The van der Waals surface area contributed by atoms with Crippen LogP contribution < -0.4 is 0 Å². The molecule has 1 heterocycles. The molecule has 0 saturated carbocycles. The molecular formula is C12H13NO2S. The number of hydrogen-bond donors (Lipinski definition) is 0. The van der Waals surface area contributed by atoms with E-state index in [9.17, 15) is 4.79 Å².